The molecule has 212 valence electrons. The summed E-state index contributed by atoms with van der Waals surface area (Å²) >= 11 is 0. The molecule has 0 saturated carbocycles. The van der Waals surface area contributed by atoms with Crippen LogP contribution < -0.4 is 9.47 Å². The molecule has 0 N–H and O–H groups in total. The number of benzene rings is 4. The summed E-state index contributed by atoms with van der Waals surface area (Å²) in [4.78, 5) is 0. The third-order valence-corrected chi connectivity index (χ3v) is 6.64. The zero-order valence-corrected chi connectivity index (χ0v) is 22.1. The van der Waals surface area contributed by atoms with E-state index in [0.29, 0.717) is 53.7 Å². The van der Waals surface area contributed by atoms with Crippen LogP contribution in [0.2, 0.25) is 0 Å². The molecule has 0 aliphatic heterocycles. The molecule has 40 heavy (non-hydrogen) atoms. The molecule has 0 atom stereocenters. The number of hydrogen-bond acceptors (Lipinski definition) is 2. The molecule has 0 aliphatic rings. The Morgan fingerprint density at radius 2 is 1.38 bits per heavy atom. The van der Waals surface area contributed by atoms with E-state index in [4.69, 9.17) is 4.74 Å². The maximum Gasteiger partial charge on any atom is 0.422 e. The van der Waals surface area contributed by atoms with Crippen LogP contribution in [-0.4, -0.2) is 19.4 Å². The third kappa shape index (κ3) is 7.93. The lowest BCUT2D eigenvalue weighted by Crippen LogP contribution is -2.19. The van der Waals surface area contributed by atoms with Crippen LogP contribution in [0.3, 0.4) is 0 Å². The number of aryl methyl sites for hydroxylation is 4. The zero-order chi connectivity index (χ0) is 28.7. The fourth-order valence-corrected chi connectivity index (χ4v) is 4.42. The van der Waals surface area contributed by atoms with Crippen LogP contribution in [-0.2, 0) is 25.7 Å². The number of ether oxygens (including phenoxy) is 2. The van der Waals surface area contributed by atoms with E-state index in [9.17, 15) is 22.0 Å². The van der Waals surface area contributed by atoms with Gasteiger partial charge in [0.2, 0.25) is 0 Å². The number of fused-ring (bicyclic) bond motifs is 1. The first kappa shape index (κ1) is 29.3. The van der Waals surface area contributed by atoms with Gasteiger partial charge in [-0.25, -0.2) is 13.2 Å². The van der Waals surface area contributed by atoms with Crippen molar-refractivity contribution in [1.82, 2.24) is 0 Å². The van der Waals surface area contributed by atoms with E-state index in [1.54, 1.807) is 24.3 Å². The molecule has 0 radical (unpaired) electrons. The minimum atomic E-state index is -4.56. The van der Waals surface area contributed by atoms with Gasteiger partial charge in [0.05, 0.1) is 6.61 Å². The normalized spacial score (nSPS) is 11.7. The van der Waals surface area contributed by atoms with Crippen LogP contribution in [0.15, 0.2) is 66.7 Å². The Hall–Kier alpha value is -3.68. The first-order chi connectivity index (χ1) is 19.1. The van der Waals surface area contributed by atoms with Gasteiger partial charge < -0.3 is 9.47 Å². The highest BCUT2D eigenvalue weighted by atomic mass is 19.4. The van der Waals surface area contributed by atoms with E-state index in [1.807, 2.05) is 18.2 Å². The van der Waals surface area contributed by atoms with Gasteiger partial charge in [0.25, 0.3) is 0 Å². The summed E-state index contributed by atoms with van der Waals surface area (Å²) in [5.41, 5.74) is 2.49. The Morgan fingerprint density at radius 1 is 0.675 bits per heavy atom. The lowest BCUT2D eigenvalue weighted by molar-refractivity contribution is -0.153. The van der Waals surface area contributed by atoms with E-state index in [0.717, 1.165) is 35.9 Å². The largest absolute Gasteiger partial charge is 0.493 e. The van der Waals surface area contributed by atoms with Gasteiger partial charge in [-0.2, -0.15) is 13.2 Å². The van der Waals surface area contributed by atoms with E-state index < -0.39 is 24.3 Å². The first-order valence-corrected chi connectivity index (χ1v) is 13.2. The second kappa shape index (κ2) is 13.1. The minimum Gasteiger partial charge on any atom is -0.493 e. The van der Waals surface area contributed by atoms with Gasteiger partial charge in [-0.1, -0.05) is 55.8 Å². The van der Waals surface area contributed by atoms with Gasteiger partial charge in [0.1, 0.15) is 17.4 Å². The zero-order valence-electron chi connectivity index (χ0n) is 22.1. The summed E-state index contributed by atoms with van der Waals surface area (Å²) in [7, 11) is 0. The van der Waals surface area contributed by atoms with E-state index in [1.165, 1.54) is 12.1 Å². The number of hydrogen-bond donors (Lipinski definition) is 0. The van der Waals surface area contributed by atoms with Crippen molar-refractivity contribution >= 4 is 10.8 Å². The number of halogens is 6. The molecule has 0 fully saturated rings. The Labute approximate surface area is 229 Å². The fourth-order valence-electron chi connectivity index (χ4n) is 4.42. The SMILES string of the molecule is CCCCOc1ccc(CCc2ccc3c(F)c(CCc4ccc(OCC(F)(F)F)c(F)c4)ccc3c2)c(F)c1. The smallest absolute Gasteiger partial charge is 0.422 e. The molecular formula is C32H30F6O2. The van der Waals surface area contributed by atoms with E-state index >= 15 is 4.39 Å². The number of alkyl halides is 3. The summed E-state index contributed by atoms with van der Waals surface area (Å²) in [6, 6.07) is 17.5. The molecule has 4 aromatic rings. The highest BCUT2D eigenvalue weighted by Gasteiger charge is 2.29. The van der Waals surface area contributed by atoms with Gasteiger partial charge in [0.15, 0.2) is 18.2 Å². The van der Waals surface area contributed by atoms with Crippen molar-refractivity contribution in [3.8, 4) is 11.5 Å². The summed E-state index contributed by atoms with van der Waals surface area (Å²) < 4.78 is 90.9. The summed E-state index contributed by atoms with van der Waals surface area (Å²) in [5, 5.41) is 1.17. The molecule has 4 aromatic carbocycles. The maximum atomic E-state index is 15.2. The Kier molecular flexibility index (Phi) is 9.61. The van der Waals surface area contributed by atoms with Gasteiger partial charge >= 0.3 is 6.18 Å². The maximum absolute atomic E-state index is 15.2. The third-order valence-electron chi connectivity index (χ3n) is 6.64. The molecule has 0 aliphatic carbocycles. The molecule has 0 aromatic heterocycles. The van der Waals surface area contributed by atoms with Crippen molar-refractivity contribution in [2.75, 3.05) is 13.2 Å². The summed E-state index contributed by atoms with van der Waals surface area (Å²) in [6.45, 7) is 1.04. The number of unbranched alkanes of at least 4 members (excludes halogenated alkanes) is 1. The van der Waals surface area contributed by atoms with Crippen LogP contribution in [0.25, 0.3) is 10.8 Å². The van der Waals surface area contributed by atoms with Crippen LogP contribution in [0.4, 0.5) is 26.3 Å². The molecule has 8 heteroatoms. The predicted octanol–water partition coefficient (Wildman–Crippen LogP) is 8.95. The topological polar surface area (TPSA) is 18.5 Å². The van der Waals surface area contributed by atoms with Gasteiger partial charge in [-0.3, -0.25) is 0 Å². The van der Waals surface area contributed by atoms with Crippen LogP contribution in [0, 0.1) is 17.5 Å². The van der Waals surface area contributed by atoms with Crippen molar-refractivity contribution < 1.29 is 35.8 Å². The molecule has 0 heterocycles. The van der Waals surface area contributed by atoms with Crippen LogP contribution >= 0.6 is 0 Å². The molecule has 0 saturated heterocycles. The van der Waals surface area contributed by atoms with Crippen LogP contribution in [0.1, 0.15) is 42.0 Å². The Balaban J connectivity index is 1.37. The molecular weight excluding hydrogens is 530 g/mol. The fraction of sp³-hybridized carbons (Fsp3) is 0.312. The lowest BCUT2D eigenvalue weighted by atomic mass is 9.97. The Bertz CT molecular complexity index is 1450. The van der Waals surface area contributed by atoms with E-state index in [-0.39, 0.29) is 18.1 Å². The quantitative estimate of drug-likeness (QED) is 0.127. The molecule has 4 rings (SSSR count). The van der Waals surface area contributed by atoms with Gasteiger partial charge in [-0.05, 0) is 77.9 Å². The standard InChI is InChI=1S/C32H30F6O2/c1-2-3-16-39-26-13-12-23(28(33)19-26)8-4-21-6-14-27-25(17-21)11-10-24(31(27)35)9-5-22-7-15-30(29(34)18-22)40-20-32(36,37)38/h6-7,10-15,17-19H,2-5,8-9,16,20H2,1H3. The lowest BCUT2D eigenvalue weighted by Gasteiger charge is -2.12. The van der Waals surface area contributed by atoms with Crippen molar-refractivity contribution in [3.05, 3.63) is 106 Å². The van der Waals surface area contributed by atoms with Crippen molar-refractivity contribution in [1.29, 1.82) is 0 Å². The second-order valence-corrected chi connectivity index (χ2v) is 9.72. The monoisotopic (exact) mass is 560 g/mol. The molecule has 0 amide bonds. The minimum absolute atomic E-state index is 0.281. The molecule has 0 unspecified atom stereocenters. The summed E-state index contributed by atoms with van der Waals surface area (Å²) in [5.74, 6) is -1.55. The highest BCUT2D eigenvalue weighted by molar-refractivity contribution is 5.84. The van der Waals surface area contributed by atoms with Crippen molar-refractivity contribution in [2.24, 2.45) is 0 Å². The van der Waals surface area contributed by atoms with Gasteiger partial charge in [-0.15, -0.1) is 0 Å². The van der Waals surface area contributed by atoms with E-state index in [2.05, 4.69) is 11.7 Å². The van der Waals surface area contributed by atoms with Crippen LogP contribution in [0.5, 0.6) is 11.5 Å². The van der Waals surface area contributed by atoms with Crippen molar-refractivity contribution in [2.45, 2.75) is 51.6 Å². The average molecular weight is 561 g/mol. The average Bonchev–Trinajstić information content (AvgIpc) is 2.91. The number of rotatable bonds is 12. The molecule has 0 bridgehead atoms. The molecule has 2 nitrogen and oxygen atoms in total. The molecule has 0 spiro atoms. The summed E-state index contributed by atoms with van der Waals surface area (Å²) in [6.07, 6.45) is -0.998. The van der Waals surface area contributed by atoms with Gasteiger partial charge in [0, 0.05) is 11.5 Å². The first-order valence-electron chi connectivity index (χ1n) is 13.2. The highest BCUT2D eigenvalue weighted by Crippen LogP contribution is 2.27. The Morgan fingerprint density at radius 3 is 2.08 bits per heavy atom. The van der Waals surface area contributed by atoms with Crippen molar-refractivity contribution in [3.63, 3.8) is 0 Å². The predicted molar refractivity (Wildman–Crippen MR) is 143 cm³/mol. The second-order valence-electron chi connectivity index (χ2n) is 9.72.